The summed E-state index contributed by atoms with van der Waals surface area (Å²) in [6, 6.07) is 8.31. The molecule has 0 unspecified atom stereocenters. The summed E-state index contributed by atoms with van der Waals surface area (Å²) in [4.78, 5) is 39.5. The highest BCUT2D eigenvalue weighted by molar-refractivity contribution is 6.05. The maximum Gasteiger partial charge on any atom is 0.416 e. The topological polar surface area (TPSA) is 97.0 Å². The molecule has 2 aliphatic rings. The molecule has 11 heteroatoms. The van der Waals surface area contributed by atoms with Crippen LogP contribution in [0.1, 0.15) is 52.5 Å². The van der Waals surface area contributed by atoms with Crippen molar-refractivity contribution >= 4 is 23.4 Å². The largest absolute Gasteiger partial charge is 0.490 e. The second-order valence-corrected chi connectivity index (χ2v) is 9.07. The highest BCUT2D eigenvalue weighted by Gasteiger charge is 2.39. The number of hydrogen-bond acceptors (Lipinski definition) is 5. The minimum absolute atomic E-state index is 0.0906. The number of nitrogens with one attached hydrogen (secondary N) is 2. The molecule has 8 nitrogen and oxygen atoms in total. The molecule has 3 amide bonds. The van der Waals surface area contributed by atoms with Crippen LogP contribution in [-0.4, -0.2) is 61.1 Å². The second kappa shape index (κ2) is 10.8. The quantitative estimate of drug-likeness (QED) is 0.626. The Morgan fingerprint density at radius 3 is 2.65 bits per heavy atom. The third kappa shape index (κ3) is 6.04. The number of rotatable bonds is 5. The van der Waals surface area contributed by atoms with Crippen molar-refractivity contribution in [2.24, 2.45) is 0 Å². The van der Waals surface area contributed by atoms with E-state index in [0.29, 0.717) is 25.1 Å². The molecule has 198 valence electrons. The minimum atomic E-state index is -4.57. The molecule has 37 heavy (non-hydrogen) atoms. The van der Waals surface area contributed by atoms with Crippen LogP contribution in [0.15, 0.2) is 42.5 Å². The van der Waals surface area contributed by atoms with Crippen LogP contribution in [0.5, 0.6) is 5.75 Å². The Morgan fingerprint density at radius 2 is 1.92 bits per heavy atom. The van der Waals surface area contributed by atoms with Crippen molar-refractivity contribution in [2.45, 2.75) is 50.6 Å². The molecule has 1 fully saturated rings. The van der Waals surface area contributed by atoms with Crippen LogP contribution >= 0.6 is 0 Å². The Bertz CT molecular complexity index is 1190. The predicted octanol–water partition coefficient (Wildman–Crippen LogP) is 3.86. The van der Waals surface area contributed by atoms with Gasteiger partial charge in [-0.15, -0.1) is 0 Å². The van der Waals surface area contributed by atoms with Crippen LogP contribution in [-0.2, 0) is 15.7 Å². The number of hydrogen-bond donors (Lipinski definition) is 2. The standard InChI is InChI=1S/C26H28F3N3O5/c1-3-30-23(33)13-18-8-9-20-22(37-18)14-36-21-10-7-17(12-19(21)25(35)32(20)2)31-24(34)15-5-4-6-16(11-15)26(27,28)29/h4-7,10-12,18,20,22H,3,8-9,13-14H2,1-2H3,(H,30,33)(H,31,34)/t18-,20-,22+/m1/s1. The van der Waals surface area contributed by atoms with E-state index in [1.54, 1.807) is 11.9 Å². The Balaban J connectivity index is 1.49. The van der Waals surface area contributed by atoms with Gasteiger partial charge < -0.3 is 25.0 Å². The fourth-order valence-corrected chi connectivity index (χ4v) is 4.62. The average molecular weight is 520 g/mol. The van der Waals surface area contributed by atoms with Gasteiger partial charge in [0, 0.05) is 24.8 Å². The SMILES string of the molecule is CCNC(=O)C[C@H]1CC[C@@H]2[C@H](COc3ccc(NC(=O)c4cccc(C(F)(F)F)c4)cc3C(=O)N2C)O1. The molecule has 0 aliphatic carbocycles. The summed E-state index contributed by atoms with van der Waals surface area (Å²) in [6.07, 6.45) is -3.80. The van der Waals surface area contributed by atoms with E-state index >= 15 is 0 Å². The van der Waals surface area contributed by atoms with Crippen LogP contribution in [0.3, 0.4) is 0 Å². The highest BCUT2D eigenvalue weighted by Crippen LogP contribution is 2.33. The van der Waals surface area contributed by atoms with Crippen molar-refractivity contribution < 1.29 is 37.0 Å². The zero-order valence-corrected chi connectivity index (χ0v) is 20.4. The first-order valence-electron chi connectivity index (χ1n) is 12.0. The number of halogens is 3. The third-order valence-electron chi connectivity index (χ3n) is 6.51. The van der Waals surface area contributed by atoms with Crippen LogP contribution in [0.25, 0.3) is 0 Å². The predicted molar refractivity (Wildman–Crippen MR) is 128 cm³/mol. The Morgan fingerprint density at radius 1 is 1.14 bits per heavy atom. The first kappa shape index (κ1) is 26.5. The monoisotopic (exact) mass is 519 g/mol. The van der Waals surface area contributed by atoms with Gasteiger partial charge in [0.15, 0.2) is 0 Å². The van der Waals surface area contributed by atoms with E-state index in [4.69, 9.17) is 9.47 Å². The van der Waals surface area contributed by atoms with Crippen LogP contribution in [0.2, 0.25) is 0 Å². The number of fused-ring (bicyclic) bond motifs is 2. The lowest BCUT2D eigenvalue weighted by atomic mass is 9.94. The third-order valence-corrected chi connectivity index (χ3v) is 6.51. The van der Waals surface area contributed by atoms with Crippen LogP contribution < -0.4 is 15.4 Å². The van der Waals surface area contributed by atoms with Gasteiger partial charge in [-0.3, -0.25) is 14.4 Å². The van der Waals surface area contributed by atoms with Crippen molar-refractivity contribution in [1.29, 1.82) is 0 Å². The first-order valence-corrected chi connectivity index (χ1v) is 12.0. The number of benzene rings is 2. The van der Waals surface area contributed by atoms with E-state index in [1.807, 2.05) is 6.92 Å². The Labute approximate surface area is 212 Å². The molecular formula is C26H28F3N3O5. The number of alkyl halides is 3. The van der Waals surface area contributed by atoms with E-state index in [9.17, 15) is 27.6 Å². The van der Waals surface area contributed by atoms with Crippen molar-refractivity contribution in [3.05, 3.63) is 59.2 Å². The lowest BCUT2D eigenvalue weighted by Crippen LogP contribution is -2.54. The van der Waals surface area contributed by atoms with Gasteiger partial charge in [-0.2, -0.15) is 13.2 Å². The summed E-state index contributed by atoms with van der Waals surface area (Å²) in [5, 5.41) is 5.31. The maximum atomic E-state index is 13.3. The number of likely N-dealkylation sites (N-methyl/N-ethyl adjacent to an activating group) is 1. The number of anilines is 1. The molecule has 2 N–H and O–H groups in total. The zero-order valence-electron chi connectivity index (χ0n) is 20.4. The lowest BCUT2D eigenvalue weighted by molar-refractivity contribution is -0.137. The molecule has 0 radical (unpaired) electrons. The molecule has 4 rings (SSSR count). The van der Waals surface area contributed by atoms with E-state index < -0.39 is 23.8 Å². The van der Waals surface area contributed by atoms with Gasteiger partial charge in [-0.1, -0.05) is 6.07 Å². The first-order chi connectivity index (χ1) is 17.6. The number of carbonyl (C=O) groups is 3. The van der Waals surface area contributed by atoms with E-state index in [1.165, 1.54) is 24.3 Å². The Kier molecular flexibility index (Phi) is 7.72. The lowest BCUT2D eigenvalue weighted by Gasteiger charge is -2.42. The molecule has 2 heterocycles. The second-order valence-electron chi connectivity index (χ2n) is 9.07. The normalized spacial score (nSPS) is 21.6. The molecule has 2 aliphatic heterocycles. The average Bonchev–Trinajstić information content (AvgIpc) is 2.86. The molecule has 0 bridgehead atoms. The molecule has 1 saturated heterocycles. The smallest absolute Gasteiger partial charge is 0.416 e. The fraction of sp³-hybridized carbons (Fsp3) is 0.423. The van der Waals surface area contributed by atoms with Crippen molar-refractivity contribution in [3.63, 3.8) is 0 Å². The number of ether oxygens (including phenoxy) is 2. The maximum absolute atomic E-state index is 13.3. The summed E-state index contributed by atoms with van der Waals surface area (Å²) in [5.41, 5.74) is -0.635. The molecule has 3 atom stereocenters. The molecule has 2 aromatic carbocycles. The molecular weight excluding hydrogens is 491 g/mol. The molecule has 0 saturated carbocycles. The van der Waals surface area contributed by atoms with Gasteiger partial charge in [0.2, 0.25) is 5.91 Å². The van der Waals surface area contributed by atoms with Gasteiger partial charge in [-0.25, -0.2) is 0 Å². The zero-order chi connectivity index (χ0) is 26.7. The molecule has 0 aromatic heterocycles. The summed E-state index contributed by atoms with van der Waals surface area (Å²) >= 11 is 0. The van der Waals surface area contributed by atoms with Crippen LogP contribution in [0, 0.1) is 0 Å². The van der Waals surface area contributed by atoms with Gasteiger partial charge in [0.25, 0.3) is 11.8 Å². The minimum Gasteiger partial charge on any atom is -0.490 e. The van der Waals surface area contributed by atoms with Gasteiger partial charge in [0.1, 0.15) is 18.5 Å². The summed E-state index contributed by atoms with van der Waals surface area (Å²) in [6.45, 7) is 2.55. The summed E-state index contributed by atoms with van der Waals surface area (Å²) < 4.78 is 51.1. The fourth-order valence-electron chi connectivity index (χ4n) is 4.62. The van der Waals surface area contributed by atoms with Gasteiger partial charge in [0.05, 0.1) is 29.7 Å². The highest BCUT2D eigenvalue weighted by atomic mass is 19.4. The number of nitrogens with zero attached hydrogens (tertiary/aromatic N) is 1. The van der Waals surface area contributed by atoms with Gasteiger partial charge in [-0.05, 0) is 56.2 Å². The van der Waals surface area contributed by atoms with Crippen molar-refractivity contribution in [1.82, 2.24) is 10.2 Å². The van der Waals surface area contributed by atoms with Gasteiger partial charge >= 0.3 is 6.18 Å². The van der Waals surface area contributed by atoms with E-state index in [-0.39, 0.29) is 53.8 Å². The summed E-state index contributed by atoms with van der Waals surface area (Å²) in [5.74, 6) is -0.878. The number of carbonyl (C=O) groups excluding carboxylic acids is 3. The van der Waals surface area contributed by atoms with Crippen molar-refractivity contribution in [2.75, 3.05) is 25.5 Å². The molecule has 2 aromatic rings. The van der Waals surface area contributed by atoms with Crippen LogP contribution in [0.4, 0.5) is 18.9 Å². The Hall–Kier alpha value is -3.60. The van der Waals surface area contributed by atoms with Crippen molar-refractivity contribution in [3.8, 4) is 5.75 Å². The number of amides is 3. The summed E-state index contributed by atoms with van der Waals surface area (Å²) in [7, 11) is 1.66. The van der Waals surface area contributed by atoms with E-state index in [0.717, 1.165) is 18.2 Å². The van der Waals surface area contributed by atoms with E-state index in [2.05, 4.69) is 10.6 Å². The molecule has 0 spiro atoms.